The van der Waals surface area contributed by atoms with E-state index in [9.17, 15) is 9.59 Å². The van der Waals surface area contributed by atoms with E-state index in [1.807, 2.05) is 23.1 Å². The summed E-state index contributed by atoms with van der Waals surface area (Å²) in [6.07, 6.45) is 0. The van der Waals surface area contributed by atoms with Crippen LogP contribution in [0.3, 0.4) is 0 Å². The minimum atomic E-state index is -0.475. The van der Waals surface area contributed by atoms with Gasteiger partial charge in [0.1, 0.15) is 22.8 Å². The Labute approximate surface area is 179 Å². The Morgan fingerprint density at radius 3 is 2.16 bits per heavy atom. The third-order valence-corrected chi connectivity index (χ3v) is 4.83. The van der Waals surface area contributed by atoms with Crippen molar-refractivity contribution in [2.45, 2.75) is 13.1 Å². The minimum Gasteiger partial charge on any atom is -0.497 e. The topological polar surface area (TPSA) is 87.4 Å². The number of carbonyl (C=O) groups is 1. The molecule has 1 heterocycles. The number of carbonyl (C=O) groups excluding carboxylic acids is 1. The fraction of sp³-hybridized carbons (Fsp3) is 0.304. The molecule has 0 fully saturated rings. The first-order valence-electron chi connectivity index (χ1n) is 9.57. The van der Waals surface area contributed by atoms with Crippen molar-refractivity contribution in [2.75, 3.05) is 35.0 Å². The van der Waals surface area contributed by atoms with E-state index in [0.29, 0.717) is 35.9 Å². The summed E-state index contributed by atoms with van der Waals surface area (Å²) < 4.78 is 26.1. The van der Waals surface area contributed by atoms with Gasteiger partial charge in [-0.05, 0) is 35.4 Å². The van der Waals surface area contributed by atoms with Crippen molar-refractivity contribution >= 4 is 16.9 Å². The zero-order valence-corrected chi connectivity index (χ0v) is 18.0. The molecule has 0 spiro atoms. The first kappa shape index (κ1) is 22.2. The first-order chi connectivity index (χ1) is 14.9. The predicted molar refractivity (Wildman–Crippen MR) is 115 cm³/mol. The van der Waals surface area contributed by atoms with Crippen LogP contribution in [0.15, 0.2) is 51.7 Å². The van der Waals surface area contributed by atoms with Crippen LogP contribution in [0, 0.1) is 0 Å². The van der Waals surface area contributed by atoms with E-state index < -0.39 is 5.63 Å². The van der Waals surface area contributed by atoms with E-state index in [1.165, 1.54) is 13.2 Å². The van der Waals surface area contributed by atoms with E-state index in [-0.39, 0.29) is 12.5 Å². The molecule has 31 heavy (non-hydrogen) atoms. The maximum atomic E-state index is 12.1. The summed E-state index contributed by atoms with van der Waals surface area (Å²) in [6, 6.07) is 12.2. The number of ether oxygens (including phenoxy) is 4. The Hall–Kier alpha value is -3.52. The molecule has 0 atom stereocenters. The smallest absolute Gasteiger partial charge is 0.336 e. The van der Waals surface area contributed by atoms with Crippen molar-refractivity contribution in [2.24, 2.45) is 0 Å². The Bertz CT molecular complexity index is 1100. The number of methoxy groups -OCH3 is 4. The standard InChI is InChI=1S/C23H25NO7/c1-27-17-5-6-20-16(9-22(25)31-21(20)11-17)13-24(14-23(26)30-4)12-15-7-18(28-2)10-19(8-15)29-3/h5-11H,12-14H2,1-4H3. The summed E-state index contributed by atoms with van der Waals surface area (Å²) in [6.45, 7) is 0.761. The molecule has 3 aromatic rings. The summed E-state index contributed by atoms with van der Waals surface area (Å²) >= 11 is 0. The molecule has 0 bridgehead atoms. The molecule has 0 saturated carbocycles. The van der Waals surface area contributed by atoms with E-state index in [4.69, 9.17) is 23.4 Å². The highest BCUT2D eigenvalue weighted by Gasteiger charge is 2.17. The number of fused-ring (bicyclic) bond motifs is 1. The zero-order valence-electron chi connectivity index (χ0n) is 18.0. The molecule has 1 aromatic heterocycles. The molecule has 8 nitrogen and oxygen atoms in total. The fourth-order valence-corrected chi connectivity index (χ4v) is 3.34. The SMILES string of the molecule is COC(=O)CN(Cc1cc(OC)cc(OC)c1)Cc1cc(=O)oc2cc(OC)ccc12. The van der Waals surface area contributed by atoms with Crippen LogP contribution in [0.4, 0.5) is 0 Å². The van der Waals surface area contributed by atoms with E-state index in [1.54, 1.807) is 39.5 Å². The van der Waals surface area contributed by atoms with E-state index in [2.05, 4.69) is 0 Å². The molecule has 0 aliphatic heterocycles. The second kappa shape index (κ2) is 9.99. The summed E-state index contributed by atoms with van der Waals surface area (Å²) in [5.41, 5.74) is 1.56. The van der Waals surface area contributed by atoms with Crippen molar-refractivity contribution in [1.29, 1.82) is 0 Å². The summed E-state index contributed by atoms with van der Waals surface area (Å²) in [7, 11) is 6.04. The molecule has 0 saturated heterocycles. The van der Waals surface area contributed by atoms with Gasteiger partial charge >= 0.3 is 11.6 Å². The van der Waals surface area contributed by atoms with E-state index in [0.717, 1.165) is 16.5 Å². The van der Waals surface area contributed by atoms with Crippen molar-refractivity contribution in [3.8, 4) is 17.2 Å². The second-order valence-corrected chi connectivity index (χ2v) is 6.89. The fourth-order valence-electron chi connectivity index (χ4n) is 3.34. The van der Waals surface area contributed by atoms with Gasteiger partial charge in [0.25, 0.3) is 0 Å². The third-order valence-electron chi connectivity index (χ3n) is 4.83. The van der Waals surface area contributed by atoms with Crippen LogP contribution < -0.4 is 19.8 Å². The number of hydrogen-bond donors (Lipinski definition) is 0. The van der Waals surface area contributed by atoms with Crippen LogP contribution in [0.25, 0.3) is 11.0 Å². The molecule has 0 N–H and O–H groups in total. The van der Waals surface area contributed by atoms with Crippen LogP contribution in [-0.2, 0) is 22.6 Å². The Kier molecular flexibility index (Phi) is 7.15. The molecule has 0 amide bonds. The summed E-state index contributed by atoms with van der Waals surface area (Å²) in [4.78, 5) is 26.1. The Morgan fingerprint density at radius 2 is 1.55 bits per heavy atom. The van der Waals surface area contributed by atoms with Crippen molar-refractivity contribution in [3.05, 3.63) is 64.0 Å². The lowest BCUT2D eigenvalue weighted by atomic mass is 10.1. The molecule has 2 aromatic carbocycles. The van der Waals surface area contributed by atoms with Crippen LogP contribution >= 0.6 is 0 Å². The Balaban J connectivity index is 1.97. The van der Waals surface area contributed by atoms with Crippen molar-refractivity contribution in [3.63, 3.8) is 0 Å². The lowest BCUT2D eigenvalue weighted by Crippen LogP contribution is -2.30. The number of rotatable bonds is 9. The van der Waals surface area contributed by atoms with Gasteiger partial charge in [0, 0.05) is 36.7 Å². The van der Waals surface area contributed by atoms with Crippen LogP contribution in [0.1, 0.15) is 11.1 Å². The highest BCUT2D eigenvalue weighted by Crippen LogP contribution is 2.26. The van der Waals surface area contributed by atoms with Crippen LogP contribution in [0.2, 0.25) is 0 Å². The quantitative estimate of drug-likeness (QED) is 0.380. The monoisotopic (exact) mass is 427 g/mol. The molecule has 164 valence electrons. The molecule has 3 rings (SSSR count). The first-order valence-corrected chi connectivity index (χ1v) is 9.57. The Morgan fingerprint density at radius 1 is 0.871 bits per heavy atom. The summed E-state index contributed by atoms with van der Waals surface area (Å²) in [5, 5.41) is 0.762. The maximum Gasteiger partial charge on any atom is 0.336 e. The van der Waals surface area contributed by atoms with Gasteiger partial charge in [0.15, 0.2) is 0 Å². The minimum absolute atomic E-state index is 0.0356. The van der Waals surface area contributed by atoms with Crippen LogP contribution in [0.5, 0.6) is 17.2 Å². The molecule has 0 aliphatic rings. The van der Waals surface area contributed by atoms with Gasteiger partial charge in [-0.25, -0.2) is 4.79 Å². The molecule has 0 aliphatic carbocycles. The predicted octanol–water partition coefficient (Wildman–Crippen LogP) is 2.99. The molecular weight excluding hydrogens is 402 g/mol. The van der Waals surface area contributed by atoms with Gasteiger partial charge in [-0.3, -0.25) is 9.69 Å². The average molecular weight is 427 g/mol. The van der Waals surface area contributed by atoms with E-state index >= 15 is 0 Å². The number of benzene rings is 2. The van der Waals surface area contributed by atoms with Gasteiger partial charge < -0.3 is 23.4 Å². The van der Waals surface area contributed by atoms with Crippen LogP contribution in [-0.4, -0.2) is 45.9 Å². The van der Waals surface area contributed by atoms with Gasteiger partial charge in [0.2, 0.25) is 0 Å². The summed E-state index contributed by atoms with van der Waals surface area (Å²) in [5.74, 6) is 1.49. The molecule has 0 unspecified atom stereocenters. The lowest BCUT2D eigenvalue weighted by Gasteiger charge is -2.22. The molecular formula is C23H25NO7. The second-order valence-electron chi connectivity index (χ2n) is 6.89. The lowest BCUT2D eigenvalue weighted by molar-refractivity contribution is -0.142. The molecule has 0 radical (unpaired) electrons. The van der Waals surface area contributed by atoms with Gasteiger partial charge in [-0.2, -0.15) is 0 Å². The number of esters is 1. The van der Waals surface area contributed by atoms with Gasteiger partial charge in [-0.15, -0.1) is 0 Å². The largest absolute Gasteiger partial charge is 0.497 e. The van der Waals surface area contributed by atoms with Gasteiger partial charge in [-0.1, -0.05) is 0 Å². The normalized spacial score (nSPS) is 10.9. The van der Waals surface area contributed by atoms with Crippen molar-refractivity contribution < 1.29 is 28.2 Å². The highest BCUT2D eigenvalue weighted by atomic mass is 16.5. The number of hydrogen-bond acceptors (Lipinski definition) is 8. The maximum absolute atomic E-state index is 12.1. The highest BCUT2D eigenvalue weighted by molar-refractivity contribution is 5.81. The average Bonchev–Trinajstić information content (AvgIpc) is 2.77. The van der Waals surface area contributed by atoms with Crippen molar-refractivity contribution in [1.82, 2.24) is 4.90 Å². The molecule has 8 heteroatoms. The third kappa shape index (κ3) is 5.55. The number of nitrogens with zero attached hydrogens (tertiary/aromatic N) is 1. The zero-order chi connectivity index (χ0) is 22.4. The van der Waals surface area contributed by atoms with Gasteiger partial charge in [0.05, 0.1) is 35.0 Å².